The molecular formula is C15H22BrNO. The first kappa shape index (κ1) is 15.2. The van der Waals surface area contributed by atoms with Gasteiger partial charge in [-0.25, -0.2) is 0 Å². The molecule has 1 N–H and O–H groups in total. The van der Waals surface area contributed by atoms with E-state index in [2.05, 4.69) is 47.2 Å². The second-order valence-corrected chi connectivity index (χ2v) is 7.52. The highest BCUT2D eigenvalue weighted by atomic mass is 79.9. The Bertz CT molecular complexity index is 381. The maximum absolute atomic E-state index is 12.1. The Morgan fingerprint density at radius 1 is 1.28 bits per heavy atom. The summed E-state index contributed by atoms with van der Waals surface area (Å²) < 4.78 is -0.531. The minimum absolute atomic E-state index is 0.0250. The van der Waals surface area contributed by atoms with Gasteiger partial charge in [0.25, 0.3) is 0 Å². The fourth-order valence-corrected chi connectivity index (χ4v) is 1.88. The van der Waals surface area contributed by atoms with Crippen LogP contribution in [0.15, 0.2) is 30.3 Å². The normalized spacial score (nSPS) is 13.4. The van der Waals surface area contributed by atoms with Crippen LogP contribution in [0.4, 0.5) is 0 Å². The van der Waals surface area contributed by atoms with Crippen molar-refractivity contribution in [1.29, 1.82) is 0 Å². The van der Waals surface area contributed by atoms with E-state index in [9.17, 15) is 4.79 Å². The Morgan fingerprint density at radius 2 is 1.83 bits per heavy atom. The van der Waals surface area contributed by atoms with Gasteiger partial charge >= 0.3 is 0 Å². The highest BCUT2D eigenvalue weighted by Gasteiger charge is 2.26. The molecule has 3 heteroatoms. The van der Waals surface area contributed by atoms with E-state index in [0.29, 0.717) is 5.92 Å². The van der Waals surface area contributed by atoms with Crippen LogP contribution in [0, 0.1) is 5.92 Å². The van der Waals surface area contributed by atoms with Crippen LogP contribution in [0.25, 0.3) is 0 Å². The number of rotatable bonds is 5. The number of amides is 1. The van der Waals surface area contributed by atoms with Crippen LogP contribution in [0.2, 0.25) is 0 Å². The van der Waals surface area contributed by atoms with Crippen LogP contribution >= 0.6 is 15.9 Å². The van der Waals surface area contributed by atoms with E-state index in [-0.39, 0.29) is 11.9 Å². The number of hydrogen-bond acceptors (Lipinski definition) is 1. The van der Waals surface area contributed by atoms with Crippen molar-refractivity contribution in [2.45, 2.75) is 44.5 Å². The molecule has 0 aliphatic carbocycles. The molecule has 0 saturated heterocycles. The van der Waals surface area contributed by atoms with Crippen molar-refractivity contribution >= 4 is 21.8 Å². The van der Waals surface area contributed by atoms with Gasteiger partial charge in [0.05, 0.1) is 10.4 Å². The van der Waals surface area contributed by atoms with Crippen molar-refractivity contribution in [1.82, 2.24) is 5.32 Å². The molecule has 0 fully saturated rings. The zero-order valence-electron chi connectivity index (χ0n) is 11.5. The summed E-state index contributed by atoms with van der Waals surface area (Å²) in [5.41, 5.74) is 1.16. The molecule has 0 heterocycles. The van der Waals surface area contributed by atoms with Gasteiger partial charge in [-0.2, -0.15) is 0 Å². The summed E-state index contributed by atoms with van der Waals surface area (Å²) in [6.07, 6.45) is 0.943. The number of alkyl halides is 1. The lowest BCUT2D eigenvalue weighted by atomic mass is 9.96. The molecule has 0 aromatic heterocycles. The highest BCUT2D eigenvalue weighted by Crippen LogP contribution is 2.24. The number of benzene rings is 1. The first-order chi connectivity index (χ1) is 8.30. The van der Waals surface area contributed by atoms with Gasteiger partial charge in [-0.3, -0.25) is 4.79 Å². The quantitative estimate of drug-likeness (QED) is 0.816. The summed E-state index contributed by atoms with van der Waals surface area (Å²) >= 11 is 3.40. The van der Waals surface area contributed by atoms with Crippen molar-refractivity contribution in [3.8, 4) is 0 Å². The average Bonchev–Trinajstić information content (AvgIpc) is 2.27. The van der Waals surface area contributed by atoms with Crippen LogP contribution in [0.5, 0.6) is 0 Å². The van der Waals surface area contributed by atoms with Crippen LogP contribution in [-0.4, -0.2) is 10.2 Å². The van der Waals surface area contributed by atoms with Crippen molar-refractivity contribution in [3.63, 3.8) is 0 Å². The Kier molecular flexibility index (Phi) is 5.39. The Balaban J connectivity index is 2.84. The fourth-order valence-electron chi connectivity index (χ4n) is 1.76. The molecule has 1 rings (SSSR count). The summed E-state index contributed by atoms with van der Waals surface area (Å²) in [7, 11) is 0. The Hall–Kier alpha value is -0.830. The van der Waals surface area contributed by atoms with Crippen LogP contribution in [-0.2, 0) is 4.79 Å². The van der Waals surface area contributed by atoms with Crippen molar-refractivity contribution in [2.75, 3.05) is 0 Å². The lowest BCUT2D eigenvalue weighted by Crippen LogP contribution is -2.40. The van der Waals surface area contributed by atoms with Gasteiger partial charge < -0.3 is 5.32 Å². The largest absolute Gasteiger partial charge is 0.348 e. The van der Waals surface area contributed by atoms with Gasteiger partial charge in [0, 0.05) is 0 Å². The third-order valence-corrected chi connectivity index (χ3v) is 3.11. The summed E-state index contributed by atoms with van der Waals surface area (Å²) in [6.45, 7) is 8.06. The number of halogens is 1. The monoisotopic (exact) mass is 311 g/mol. The lowest BCUT2D eigenvalue weighted by molar-refractivity contribution is -0.123. The van der Waals surface area contributed by atoms with Gasteiger partial charge in [-0.15, -0.1) is 0 Å². The molecule has 1 unspecified atom stereocenters. The Morgan fingerprint density at radius 3 is 2.28 bits per heavy atom. The molecule has 1 aromatic carbocycles. The third-order valence-electron chi connectivity index (χ3n) is 2.75. The van der Waals surface area contributed by atoms with Crippen LogP contribution in [0.3, 0.4) is 0 Å². The first-order valence-corrected chi connectivity index (χ1v) is 7.15. The molecule has 0 saturated carbocycles. The SMILES string of the molecule is CC(C)CC(NC(=O)C(C)(C)Br)c1ccccc1. The van der Waals surface area contributed by atoms with Gasteiger partial charge in [-0.05, 0) is 31.7 Å². The van der Waals surface area contributed by atoms with E-state index in [1.54, 1.807) is 0 Å². The van der Waals surface area contributed by atoms with Crippen molar-refractivity contribution < 1.29 is 4.79 Å². The van der Waals surface area contributed by atoms with E-state index in [4.69, 9.17) is 0 Å². The molecule has 0 radical (unpaired) electrons. The van der Waals surface area contributed by atoms with Crippen molar-refractivity contribution in [2.24, 2.45) is 5.92 Å². The summed E-state index contributed by atoms with van der Waals surface area (Å²) in [6, 6.07) is 10.2. The minimum atomic E-state index is -0.531. The highest BCUT2D eigenvalue weighted by molar-refractivity contribution is 9.10. The Labute approximate surface area is 118 Å². The van der Waals surface area contributed by atoms with Crippen LogP contribution in [0.1, 0.15) is 45.7 Å². The predicted molar refractivity (Wildman–Crippen MR) is 79.8 cm³/mol. The van der Waals surface area contributed by atoms with Crippen LogP contribution < -0.4 is 5.32 Å². The minimum Gasteiger partial charge on any atom is -0.348 e. The molecular weight excluding hydrogens is 290 g/mol. The predicted octanol–water partition coefficient (Wildman–Crippen LogP) is 4.06. The van der Waals surface area contributed by atoms with Gasteiger partial charge in [0.1, 0.15) is 0 Å². The molecule has 0 bridgehead atoms. The molecule has 100 valence electrons. The van der Waals surface area contributed by atoms with Gasteiger partial charge in [0.15, 0.2) is 0 Å². The molecule has 0 aliphatic rings. The maximum Gasteiger partial charge on any atom is 0.236 e. The van der Waals surface area contributed by atoms with E-state index in [1.807, 2.05) is 32.0 Å². The third kappa shape index (κ3) is 4.81. The molecule has 1 atom stereocenters. The molecule has 0 aliphatic heterocycles. The molecule has 1 aromatic rings. The van der Waals surface area contributed by atoms with E-state index >= 15 is 0 Å². The molecule has 0 spiro atoms. The fraction of sp³-hybridized carbons (Fsp3) is 0.533. The smallest absolute Gasteiger partial charge is 0.236 e. The summed E-state index contributed by atoms with van der Waals surface area (Å²) in [5, 5.41) is 3.12. The summed E-state index contributed by atoms with van der Waals surface area (Å²) in [5.74, 6) is 0.561. The topological polar surface area (TPSA) is 29.1 Å². The second kappa shape index (κ2) is 6.37. The molecule has 18 heavy (non-hydrogen) atoms. The molecule has 2 nitrogen and oxygen atoms in total. The second-order valence-electron chi connectivity index (χ2n) is 5.54. The average molecular weight is 312 g/mol. The van der Waals surface area contributed by atoms with Gasteiger partial charge in [-0.1, -0.05) is 60.1 Å². The zero-order chi connectivity index (χ0) is 13.8. The maximum atomic E-state index is 12.1. The summed E-state index contributed by atoms with van der Waals surface area (Å²) in [4.78, 5) is 12.1. The molecule has 1 amide bonds. The first-order valence-electron chi connectivity index (χ1n) is 6.35. The number of nitrogens with one attached hydrogen (secondary N) is 1. The standard InChI is InChI=1S/C15H22BrNO/c1-11(2)10-13(12-8-6-5-7-9-12)17-14(18)15(3,4)16/h5-9,11,13H,10H2,1-4H3,(H,17,18). The van der Waals surface area contributed by atoms with Gasteiger partial charge in [0.2, 0.25) is 5.91 Å². The van der Waals surface area contributed by atoms with Crippen molar-refractivity contribution in [3.05, 3.63) is 35.9 Å². The zero-order valence-corrected chi connectivity index (χ0v) is 13.1. The lowest BCUT2D eigenvalue weighted by Gasteiger charge is -2.25. The van der Waals surface area contributed by atoms with E-state index in [0.717, 1.165) is 12.0 Å². The van der Waals surface area contributed by atoms with E-state index in [1.165, 1.54) is 0 Å². The number of carbonyl (C=O) groups is 1. The van der Waals surface area contributed by atoms with E-state index < -0.39 is 4.32 Å². The number of carbonyl (C=O) groups excluding carboxylic acids is 1. The number of hydrogen-bond donors (Lipinski definition) is 1.